The van der Waals surface area contributed by atoms with E-state index < -0.39 is 6.10 Å². The number of hydrogen-bond donors (Lipinski definition) is 0. The first-order chi connectivity index (χ1) is 35.0. The summed E-state index contributed by atoms with van der Waals surface area (Å²) in [7, 11) is 0. The van der Waals surface area contributed by atoms with Gasteiger partial charge >= 0.3 is 17.9 Å². The maximum atomic E-state index is 12.9. The van der Waals surface area contributed by atoms with Gasteiger partial charge < -0.3 is 14.2 Å². The molecule has 0 aromatic rings. The molecule has 0 aliphatic carbocycles. The Labute approximate surface area is 439 Å². The Kier molecular flexibility index (Phi) is 56.3. The quantitative estimate of drug-likeness (QED) is 0.0261. The number of carbonyl (C=O) groups is 3. The van der Waals surface area contributed by atoms with Gasteiger partial charge in [0.25, 0.3) is 0 Å². The second kappa shape index (κ2) is 59.2. The van der Waals surface area contributed by atoms with E-state index in [4.69, 9.17) is 14.2 Å². The van der Waals surface area contributed by atoms with Crippen molar-refractivity contribution in [2.24, 2.45) is 0 Å². The standard InChI is InChI=1S/C65H112O6/c1-4-7-10-13-16-19-22-24-26-28-30-31-32-33-35-36-38-40-43-46-49-52-55-58-64(67)70-61-62(60-69-63(66)57-54-51-48-45-42-21-18-15-12-9-6-3)71-65(68)59-56-53-50-47-44-41-39-37-34-29-27-25-23-20-17-14-11-8-5-2/h7,10,16,19,24,26,30-31,33,35,38,40,46,49,62H,4-6,8-9,11-15,17-18,20-23,25,27-29,32,34,36-37,39,41-45,47-48,50-61H2,1-3H3/b10-7-,19-16-,26-24-,31-30-,35-33-,40-38-,49-46-. The molecule has 71 heavy (non-hydrogen) atoms. The van der Waals surface area contributed by atoms with Gasteiger partial charge in [-0.3, -0.25) is 14.4 Å². The molecule has 6 nitrogen and oxygen atoms in total. The van der Waals surface area contributed by atoms with Crippen molar-refractivity contribution >= 4 is 17.9 Å². The highest BCUT2D eigenvalue weighted by molar-refractivity contribution is 5.71. The SMILES string of the molecule is CC/C=C\C/C=C\C/C=C\C/C=C\C/C=C\C/C=C\C/C=C\CCCC(=O)OCC(COC(=O)CCCCCCCCCCCCC)OC(=O)CCCCCCCCCCCCCCCCCCCCC. The molecule has 1 unspecified atom stereocenters. The minimum atomic E-state index is -0.797. The molecule has 0 radical (unpaired) electrons. The molecule has 0 amide bonds. The largest absolute Gasteiger partial charge is 0.462 e. The fourth-order valence-electron chi connectivity index (χ4n) is 8.43. The smallest absolute Gasteiger partial charge is 0.306 e. The normalized spacial score (nSPS) is 12.7. The van der Waals surface area contributed by atoms with Crippen molar-refractivity contribution in [3.05, 3.63) is 85.1 Å². The Morgan fingerprint density at radius 2 is 0.549 bits per heavy atom. The van der Waals surface area contributed by atoms with E-state index in [0.717, 1.165) is 89.9 Å². The Hall–Kier alpha value is -3.41. The lowest BCUT2D eigenvalue weighted by atomic mass is 10.0. The second-order valence-electron chi connectivity index (χ2n) is 19.9. The van der Waals surface area contributed by atoms with Crippen molar-refractivity contribution in [2.45, 2.75) is 297 Å². The predicted molar refractivity (Wildman–Crippen MR) is 307 cm³/mol. The van der Waals surface area contributed by atoms with Gasteiger partial charge in [0, 0.05) is 19.3 Å². The molecular weight excluding hydrogens is 877 g/mol. The molecule has 0 rings (SSSR count). The van der Waals surface area contributed by atoms with Gasteiger partial charge in [0.1, 0.15) is 13.2 Å². The van der Waals surface area contributed by atoms with Gasteiger partial charge in [-0.1, -0.05) is 286 Å². The van der Waals surface area contributed by atoms with Gasteiger partial charge in [-0.25, -0.2) is 0 Å². The molecule has 0 N–H and O–H groups in total. The summed E-state index contributed by atoms with van der Waals surface area (Å²) in [5, 5.41) is 0. The van der Waals surface area contributed by atoms with E-state index in [1.165, 1.54) is 154 Å². The second-order valence-corrected chi connectivity index (χ2v) is 19.9. The van der Waals surface area contributed by atoms with Crippen molar-refractivity contribution in [2.75, 3.05) is 13.2 Å². The monoisotopic (exact) mass is 989 g/mol. The molecule has 0 saturated heterocycles. The number of hydrogen-bond acceptors (Lipinski definition) is 6. The number of unbranched alkanes of at least 4 members (excludes halogenated alkanes) is 29. The van der Waals surface area contributed by atoms with Crippen LogP contribution in [0.4, 0.5) is 0 Å². The number of allylic oxidation sites excluding steroid dienone is 14. The maximum absolute atomic E-state index is 12.9. The van der Waals surface area contributed by atoms with Crippen LogP contribution in [0, 0.1) is 0 Å². The molecule has 0 aromatic heterocycles. The average Bonchev–Trinajstić information content (AvgIpc) is 3.37. The highest BCUT2D eigenvalue weighted by Gasteiger charge is 2.19. The first kappa shape index (κ1) is 67.6. The summed E-state index contributed by atoms with van der Waals surface area (Å²) < 4.78 is 16.8. The van der Waals surface area contributed by atoms with E-state index >= 15 is 0 Å². The lowest BCUT2D eigenvalue weighted by Crippen LogP contribution is -2.30. The Morgan fingerprint density at radius 1 is 0.296 bits per heavy atom. The number of carbonyl (C=O) groups excluding carboxylic acids is 3. The Balaban J connectivity index is 4.40. The Bertz CT molecular complexity index is 1370. The molecule has 0 aliphatic heterocycles. The van der Waals surface area contributed by atoms with Crippen LogP contribution in [0.25, 0.3) is 0 Å². The van der Waals surface area contributed by atoms with E-state index in [1.807, 2.05) is 0 Å². The molecule has 0 spiro atoms. The number of rotatable bonds is 54. The predicted octanol–water partition coefficient (Wildman–Crippen LogP) is 20.3. The summed E-state index contributed by atoms with van der Waals surface area (Å²) >= 11 is 0. The maximum Gasteiger partial charge on any atom is 0.306 e. The molecule has 0 heterocycles. The molecule has 408 valence electrons. The highest BCUT2D eigenvalue weighted by Crippen LogP contribution is 2.16. The molecule has 0 aromatic carbocycles. The molecule has 6 heteroatoms. The van der Waals surface area contributed by atoms with Crippen molar-refractivity contribution in [3.63, 3.8) is 0 Å². The summed E-state index contributed by atoms with van der Waals surface area (Å²) in [6.07, 6.45) is 77.3. The zero-order chi connectivity index (χ0) is 51.4. The fraction of sp³-hybridized carbons (Fsp3) is 0.738. The van der Waals surface area contributed by atoms with E-state index in [1.54, 1.807) is 0 Å². The van der Waals surface area contributed by atoms with Crippen LogP contribution < -0.4 is 0 Å². The highest BCUT2D eigenvalue weighted by atomic mass is 16.6. The Morgan fingerprint density at radius 3 is 0.859 bits per heavy atom. The third-order valence-electron chi connectivity index (χ3n) is 12.9. The molecule has 0 fully saturated rings. The van der Waals surface area contributed by atoms with Crippen LogP contribution in [-0.4, -0.2) is 37.2 Å². The van der Waals surface area contributed by atoms with Crippen molar-refractivity contribution < 1.29 is 28.6 Å². The van der Waals surface area contributed by atoms with Gasteiger partial charge in [0.05, 0.1) is 0 Å². The van der Waals surface area contributed by atoms with Gasteiger partial charge in [-0.15, -0.1) is 0 Å². The van der Waals surface area contributed by atoms with Crippen LogP contribution in [0.15, 0.2) is 85.1 Å². The zero-order valence-electron chi connectivity index (χ0n) is 46.7. The first-order valence-corrected chi connectivity index (χ1v) is 30.1. The van der Waals surface area contributed by atoms with E-state index in [2.05, 4.69) is 106 Å². The first-order valence-electron chi connectivity index (χ1n) is 30.1. The topological polar surface area (TPSA) is 78.9 Å². The fourth-order valence-corrected chi connectivity index (χ4v) is 8.43. The summed E-state index contributed by atoms with van der Waals surface area (Å²) in [6, 6.07) is 0. The zero-order valence-corrected chi connectivity index (χ0v) is 46.7. The van der Waals surface area contributed by atoms with Crippen LogP contribution >= 0.6 is 0 Å². The van der Waals surface area contributed by atoms with Crippen LogP contribution in [0.3, 0.4) is 0 Å². The molecule has 0 saturated carbocycles. The van der Waals surface area contributed by atoms with Crippen molar-refractivity contribution in [1.29, 1.82) is 0 Å². The third kappa shape index (κ3) is 57.4. The van der Waals surface area contributed by atoms with E-state index in [-0.39, 0.29) is 37.5 Å². The average molecular weight is 990 g/mol. The van der Waals surface area contributed by atoms with Crippen LogP contribution in [0.2, 0.25) is 0 Å². The van der Waals surface area contributed by atoms with Gasteiger partial charge in [0.2, 0.25) is 0 Å². The summed E-state index contributed by atoms with van der Waals surface area (Å²) in [6.45, 7) is 6.50. The van der Waals surface area contributed by atoms with Crippen molar-refractivity contribution in [3.8, 4) is 0 Å². The minimum absolute atomic E-state index is 0.0909. The van der Waals surface area contributed by atoms with Gasteiger partial charge in [-0.05, 0) is 70.6 Å². The third-order valence-corrected chi connectivity index (χ3v) is 12.9. The summed E-state index contributed by atoms with van der Waals surface area (Å²) in [5.41, 5.74) is 0. The molecule has 0 bridgehead atoms. The van der Waals surface area contributed by atoms with E-state index in [9.17, 15) is 14.4 Å². The van der Waals surface area contributed by atoms with Crippen molar-refractivity contribution in [1.82, 2.24) is 0 Å². The van der Waals surface area contributed by atoms with Crippen LogP contribution in [0.1, 0.15) is 290 Å². The lowest BCUT2D eigenvalue weighted by Gasteiger charge is -2.18. The minimum Gasteiger partial charge on any atom is -0.462 e. The molecular formula is C65H112O6. The summed E-state index contributed by atoms with van der Waals surface area (Å²) in [5.74, 6) is -0.943. The van der Waals surface area contributed by atoms with Crippen LogP contribution in [-0.2, 0) is 28.6 Å². The number of esters is 3. The lowest BCUT2D eigenvalue weighted by molar-refractivity contribution is -0.167. The van der Waals surface area contributed by atoms with Gasteiger partial charge in [0.15, 0.2) is 6.10 Å². The van der Waals surface area contributed by atoms with Crippen LogP contribution in [0.5, 0.6) is 0 Å². The number of ether oxygens (including phenoxy) is 3. The molecule has 1 atom stereocenters. The summed E-state index contributed by atoms with van der Waals surface area (Å²) in [4.78, 5) is 38.1. The van der Waals surface area contributed by atoms with Gasteiger partial charge in [-0.2, -0.15) is 0 Å². The molecule has 0 aliphatic rings. The van der Waals surface area contributed by atoms with E-state index in [0.29, 0.717) is 19.3 Å².